The fourth-order valence-corrected chi connectivity index (χ4v) is 9.79. The Labute approximate surface area is 246 Å². The fraction of sp³-hybridized carbons (Fsp3) is 0.485. The Morgan fingerprint density at radius 1 is 0.658 bits per heavy atom. The largest absolute Gasteiger partial charge is 0.297 e. The van der Waals surface area contributed by atoms with Gasteiger partial charge in [0.25, 0.3) is 0 Å². The van der Waals surface area contributed by atoms with E-state index < -0.39 is 0 Å². The lowest BCUT2D eigenvalue weighted by molar-refractivity contribution is 0.112. The Kier molecular flexibility index (Phi) is 11.4. The summed E-state index contributed by atoms with van der Waals surface area (Å²) in [4.78, 5) is 22.1. The van der Waals surface area contributed by atoms with Gasteiger partial charge in [0, 0.05) is 34.1 Å². The molecule has 0 aliphatic rings. The molecular formula is C33H42OS4. The second-order valence-electron chi connectivity index (χ2n) is 10.7. The van der Waals surface area contributed by atoms with E-state index in [9.17, 15) is 4.79 Å². The molecule has 0 atom stereocenters. The van der Waals surface area contributed by atoms with Crippen LogP contribution in [0.15, 0.2) is 36.4 Å². The van der Waals surface area contributed by atoms with Crippen LogP contribution in [0.3, 0.4) is 0 Å². The molecule has 0 radical (unpaired) electrons. The number of carbonyl (C=O) groups is 1. The topological polar surface area (TPSA) is 17.1 Å². The van der Waals surface area contributed by atoms with Crippen LogP contribution in [-0.2, 0) is 19.3 Å². The SMILES string of the molecule is CCCCCCc1cc(C=O)sc1-c1ccc(-c2ccc(-c3sc(CC(C)C)cc3CCCCCC)s2)s1. The lowest BCUT2D eigenvalue weighted by atomic mass is 10.0. The van der Waals surface area contributed by atoms with Gasteiger partial charge in [0.15, 0.2) is 6.29 Å². The number of unbranched alkanes of at least 4 members (excludes halogenated alkanes) is 6. The highest BCUT2D eigenvalue weighted by Gasteiger charge is 2.17. The van der Waals surface area contributed by atoms with Crippen molar-refractivity contribution in [2.24, 2.45) is 5.92 Å². The zero-order chi connectivity index (χ0) is 26.9. The average Bonchev–Trinajstić information content (AvgIpc) is 3.69. The number of hydrogen-bond donors (Lipinski definition) is 0. The molecule has 0 amide bonds. The van der Waals surface area contributed by atoms with E-state index in [1.165, 1.54) is 104 Å². The summed E-state index contributed by atoms with van der Waals surface area (Å²) in [6.07, 6.45) is 14.7. The number of aryl methyl sites for hydroxylation is 2. The molecule has 0 spiro atoms. The van der Waals surface area contributed by atoms with Crippen molar-refractivity contribution in [3.05, 3.63) is 57.3 Å². The molecule has 38 heavy (non-hydrogen) atoms. The molecule has 4 aromatic rings. The van der Waals surface area contributed by atoms with Gasteiger partial charge >= 0.3 is 0 Å². The van der Waals surface area contributed by atoms with Gasteiger partial charge in [-0.2, -0.15) is 0 Å². The van der Waals surface area contributed by atoms with Gasteiger partial charge in [-0.1, -0.05) is 66.2 Å². The molecule has 0 aromatic carbocycles. The van der Waals surface area contributed by atoms with Crippen molar-refractivity contribution in [1.29, 1.82) is 0 Å². The van der Waals surface area contributed by atoms with E-state index in [1.807, 2.05) is 34.0 Å². The zero-order valence-electron chi connectivity index (χ0n) is 23.4. The van der Waals surface area contributed by atoms with Crippen molar-refractivity contribution in [2.75, 3.05) is 0 Å². The second-order valence-corrected chi connectivity index (χ2v) is 15.1. The van der Waals surface area contributed by atoms with Crippen molar-refractivity contribution in [3.63, 3.8) is 0 Å². The third kappa shape index (κ3) is 7.78. The molecule has 0 bridgehead atoms. The molecule has 204 valence electrons. The molecule has 0 fully saturated rings. The van der Waals surface area contributed by atoms with Crippen LogP contribution in [0.1, 0.15) is 105 Å². The molecule has 5 heteroatoms. The maximum absolute atomic E-state index is 11.5. The quantitative estimate of drug-likeness (QED) is 0.0948. The van der Waals surface area contributed by atoms with E-state index >= 15 is 0 Å². The number of thiophene rings is 4. The first-order valence-electron chi connectivity index (χ1n) is 14.4. The number of hydrogen-bond acceptors (Lipinski definition) is 5. The van der Waals surface area contributed by atoms with E-state index in [0.717, 1.165) is 17.6 Å². The summed E-state index contributed by atoms with van der Waals surface area (Å²) < 4.78 is 0. The smallest absolute Gasteiger partial charge is 0.160 e. The third-order valence-corrected chi connectivity index (χ3v) is 11.9. The van der Waals surface area contributed by atoms with Crippen LogP contribution in [0.2, 0.25) is 0 Å². The molecule has 0 N–H and O–H groups in total. The minimum absolute atomic E-state index is 0.686. The van der Waals surface area contributed by atoms with Gasteiger partial charge in [-0.05, 0) is 85.5 Å². The first kappa shape index (κ1) is 29.5. The lowest BCUT2D eigenvalue weighted by Gasteiger charge is -2.02. The molecule has 4 aromatic heterocycles. The van der Waals surface area contributed by atoms with Crippen molar-refractivity contribution in [1.82, 2.24) is 0 Å². The zero-order valence-corrected chi connectivity index (χ0v) is 26.7. The minimum atomic E-state index is 0.686. The highest BCUT2D eigenvalue weighted by molar-refractivity contribution is 7.28. The predicted octanol–water partition coefficient (Wildman–Crippen LogP) is 12.2. The van der Waals surface area contributed by atoms with Crippen LogP contribution in [-0.4, -0.2) is 6.29 Å². The Morgan fingerprint density at radius 3 is 1.71 bits per heavy atom. The van der Waals surface area contributed by atoms with E-state index in [-0.39, 0.29) is 0 Å². The first-order valence-corrected chi connectivity index (χ1v) is 17.7. The molecule has 4 rings (SSSR count). The highest BCUT2D eigenvalue weighted by Crippen LogP contribution is 2.45. The van der Waals surface area contributed by atoms with Crippen molar-refractivity contribution in [3.8, 4) is 29.3 Å². The van der Waals surface area contributed by atoms with Gasteiger partial charge in [-0.3, -0.25) is 4.79 Å². The summed E-state index contributed by atoms with van der Waals surface area (Å²) in [7, 11) is 0. The monoisotopic (exact) mass is 582 g/mol. The molecule has 1 nitrogen and oxygen atoms in total. The van der Waals surface area contributed by atoms with Gasteiger partial charge in [0.2, 0.25) is 0 Å². The second kappa shape index (κ2) is 14.7. The van der Waals surface area contributed by atoms with Gasteiger partial charge in [0.1, 0.15) is 0 Å². The summed E-state index contributed by atoms with van der Waals surface area (Å²) >= 11 is 7.48. The van der Waals surface area contributed by atoms with E-state index in [0.29, 0.717) is 5.92 Å². The van der Waals surface area contributed by atoms with E-state index in [4.69, 9.17) is 0 Å². The van der Waals surface area contributed by atoms with E-state index in [2.05, 4.69) is 64.1 Å². The average molecular weight is 583 g/mol. The minimum Gasteiger partial charge on any atom is -0.297 e. The van der Waals surface area contributed by atoms with Crippen LogP contribution in [0, 0.1) is 5.92 Å². The number of carbonyl (C=O) groups excluding carboxylic acids is 1. The molecular weight excluding hydrogens is 541 g/mol. The molecule has 0 unspecified atom stereocenters. The maximum atomic E-state index is 11.5. The first-order chi connectivity index (χ1) is 18.5. The predicted molar refractivity (Wildman–Crippen MR) is 174 cm³/mol. The van der Waals surface area contributed by atoms with Gasteiger partial charge < -0.3 is 0 Å². The Balaban J connectivity index is 1.55. The summed E-state index contributed by atoms with van der Waals surface area (Å²) in [5, 5.41) is 0. The number of aldehydes is 1. The fourth-order valence-electron chi connectivity index (χ4n) is 4.95. The lowest BCUT2D eigenvalue weighted by Crippen LogP contribution is -1.90. The van der Waals surface area contributed by atoms with Gasteiger partial charge in [0.05, 0.1) is 4.88 Å². The molecule has 0 saturated heterocycles. The Bertz CT molecular complexity index is 1280. The van der Waals surface area contributed by atoms with Gasteiger partial charge in [-0.15, -0.1) is 45.3 Å². The van der Waals surface area contributed by atoms with Crippen molar-refractivity contribution >= 4 is 51.6 Å². The van der Waals surface area contributed by atoms with Crippen LogP contribution in [0.5, 0.6) is 0 Å². The molecule has 0 saturated carbocycles. The maximum Gasteiger partial charge on any atom is 0.160 e. The van der Waals surface area contributed by atoms with Crippen molar-refractivity contribution in [2.45, 2.75) is 98.3 Å². The standard InChI is InChI=1S/C33H42OS4/c1-5-7-9-11-13-24-20-26(19-23(3)4)35-32(24)30-17-15-28(37-30)29-16-18-31(38-29)33-25(14-12-10-8-6-2)21-27(22-34)36-33/h15-18,20-23H,5-14,19H2,1-4H3. The molecule has 0 aliphatic carbocycles. The van der Waals surface area contributed by atoms with Crippen LogP contribution in [0.4, 0.5) is 0 Å². The van der Waals surface area contributed by atoms with E-state index in [1.54, 1.807) is 16.9 Å². The summed E-state index contributed by atoms with van der Waals surface area (Å²) in [5.41, 5.74) is 2.90. The third-order valence-electron chi connectivity index (χ3n) is 6.92. The Morgan fingerprint density at radius 2 is 1.18 bits per heavy atom. The number of rotatable bonds is 16. The molecule has 0 aliphatic heterocycles. The summed E-state index contributed by atoms with van der Waals surface area (Å²) in [6.45, 7) is 9.18. The summed E-state index contributed by atoms with van der Waals surface area (Å²) in [5.74, 6) is 0.686. The van der Waals surface area contributed by atoms with Crippen LogP contribution >= 0.6 is 45.3 Å². The normalized spacial score (nSPS) is 11.6. The van der Waals surface area contributed by atoms with Crippen molar-refractivity contribution < 1.29 is 4.79 Å². The molecule has 4 heterocycles. The Hall–Kier alpha value is -1.53. The summed E-state index contributed by atoms with van der Waals surface area (Å²) in [6, 6.07) is 13.8. The highest BCUT2D eigenvalue weighted by atomic mass is 32.1. The van der Waals surface area contributed by atoms with Crippen LogP contribution < -0.4 is 0 Å². The van der Waals surface area contributed by atoms with Crippen LogP contribution in [0.25, 0.3) is 29.3 Å². The van der Waals surface area contributed by atoms with Gasteiger partial charge in [-0.25, -0.2) is 0 Å².